The lowest BCUT2D eigenvalue weighted by molar-refractivity contribution is -0.137. The number of alkyl halides is 3. The number of benzene rings is 1. The highest BCUT2D eigenvalue weighted by Gasteiger charge is 2.45. The van der Waals surface area contributed by atoms with E-state index in [1.807, 2.05) is 4.90 Å². The fourth-order valence-electron chi connectivity index (χ4n) is 4.89. The molecule has 1 atom stereocenters. The number of hydrogen-bond donors (Lipinski definition) is 2. The number of rotatable bonds is 5. The first-order chi connectivity index (χ1) is 14.8. The third kappa shape index (κ3) is 4.99. The van der Waals surface area contributed by atoms with Crippen LogP contribution in [0, 0.1) is 5.92 Å². The highest BCUT2D eigenvalue weighted by Crippen LogP contribution is 2.48. The van der Waals surface area contributed by atoms with Crippen molar-refractivity contribution in [3.05, 3.63) is 35.4 Å². The second-order valence-corrected chi connectivity index (χ2v) is 9.18. The van der Waals surface area contributed by atoms with Gasteiger partial charge in [-0.25, -0.2) is 0 Å². The van der Waals surface area contributed by atoms with Crippen molar-refractivity contribution in [2.24, 2.45) is 10.9 Å². The number of amides is 1. The minimum Gasteiger partial charge on any atom is -0.356 e. The van der Waals surface area contributed by atoms with Crippen LogP contribution in [-0.4, -0.2) is 49.5 Å². The van der Waals surface area contributed by atoms with Crippen molar-refractivity contribution >= 4 is 11.9 Å². The second kappa shape index (κ2) is 8.71. The number of hydrogen-bond acceptors (Lipinski definition) is 2. The summed E-state index contributed by atoms with van der Waals surface area (Å²) in [5.41, 5.74) is -0.157. The minimum absolute atomic E-state index is 0.139. The van der Waals surface area contributed by atoms with Crippen LogP contribution in [0.25, 0.3) is 0 Å². The Balaban J connectivity index is 1.31. The smallest absolute Gasteiger partial charge is 0.356 e. The van der Waals surface area contributed by atoms with Crippen LogP contribution in [0.4, 0.5) is 13.2 Å². The van der Waals surface area contributed by atoms with E-state index in [1.165, 1.54) is 12.1 Å². The fourth-order valence-corrected chi connectivity index (χ4v) is 4.89. The van der Waals surface area contributed by atoms with Gasteiger partial charge < -0.3 is 15.5 Å². The zero-order chi connectivity index (χ0) is 22.1. The monoisotopic (exact) mass is 436 g/mol. The van der Waals surface area contributed by atoms with Crippen LogP contribution in [0.2, 0.25) is 0 Å². The summed E-state index contributed by atoms with van der Waals surface area (Å²) in [5.74, 6) is 1.11. The molecular formula is C23H31F3N4O. The molecule has 1 amide bonds. The number of aliphatic imine (C=N–C) groups is 1. The van der Waals surface area contributed by atoms with Gasteiger partial charge in [0.15, 0.2) is 5.96 Å². The summed E-state index contributed by atoms with van der Waals surface area (Å²) in [7, 11) is 1.69. The van der Waals surface area contributed by atoms with Crippen molar-refractivity contribution in [1.82, 2.24) is 15.5 Å². The lowest BCUT2D eigenvalue weighted by Gasteiger charge is -2.23. The standard InChI is InChI=1S/C23H31F3N4O/c1-27-21(29-19-9-12-30(14-19)20(31)16-5-2-3-6-16)28-15-22(10-11-22)17-7-4-8-18(13-17)23(24,25)26/h4,7-8,13,16,19H,2-3,5-6,9-12,14-15H2,1H3,(H2,27,28,29). The molecule has 0 radical (unpaired) electrons. The molecule has 5 nitrogen and oxygen atoms in total. The van der Waals surface area contributed by atoms with Crippen LogP contribution >= 0.6 is 0 Å². The van der Waals surface area contributed by atoms with Crippen molar-refractivity contribution in [2.75, 3.05) is 26.7 Å². The normalized spacial score (nSPS) is 23.8. The summed E-state index contributed by atoms with van der Waals surface area (Å²) in [6, 6.07) is 5.80. The third-order valence-corrected chi connectivity index (χ3v) is 7.02. The van der Waals surface area contributed by atoms with E-state index in [4.69, 9.17) is 0 Å². The molecule has 2 aliphatic carbocycles. The Morgan fingerprint density at radius 2 is 1.97 bits per heavy atom. The lowest BCUT2D eigenvalue weighted by atomic mass is 9.94. The Hall–Kier alpha value is -2.25. The molecule has 0 bridgehead atoms. The van der Waals surface area contributed by atoms with Crippen LogP contribution < -0.4 is 10.6 Å². The SMILES string of the molecule is CN=C(NCC1(c2cccc(C(F)(F)F)c2)CC1)NC1CCN(C(=O)C2CCCC2)C1. The predicted octanol–water partition coefficient (Wildman–Crippen LogP) is 3.69. The molecule has 0 spiro atoms. The van der Waals surface area contributed by atoms with E-state index in [0.29, 0.717) is 19.0 Å². The molecule has 3 fully saturated rings. The summed E-state index contributed by atoms with van der Waals surface area (Å²) >= 11 is 0. The minimum atomic E-state index is -4.33. The van der Waals surface area contributed by atoms with Crippen molar-refractivity contribution in [2.45, 2.75) is 62.6 Å². The van der Waals surface area contributed by atoms with E-state index in [1.54, 1.807) is 13.1 Å². The highest BCUT2D eigenvalue weighted by molar-refractivity contribution is 5.81. The molecule has 2 N–H and O–H groups in total. The first kappa shape index (κ1) is 22.0. The molecule has 4 rings (SSSR count). The molecule has 1 unspecified atom stereocenters. The van der Waals surface area contributed by atoms with Gasteiger partial charge >= 0.3 is 6.18 Å². The molecule has 1 aliphatic heterocycles. The molecular weight excluding hydrogens is 405 g/mol. The average molecular weight is 437 g/mol. The quantitative estimate of drug-likeness (QED) is 0.547. The molecule has 1 aromatic carbocycles. The molecule has 2 saturated carbocycles. The van der Waals surface area contributed by atoms with Gasteiger partial charge in [-0.2, -0.15) is 13.2 Å². The molecule has 1 aromatic rings. The third-order valence-electron chi connectivity index (χ3n) is 7.02. The van der Waals surface area contributed by atoms with E-state index >= 15 is 0 Å². The summed E-state index contributed by atoms with van der Waals surface area (Å²) in [5, 5.41) is 6.70. The Morgan fingerprint density at radius 3 is 2.61 bits per heavy atom. The van der Waals surface area contributed by atoms with E-state index in [9.17, 15) is 18.0 Å². The zero-order valence-electron chi connectivity index (χ0n) is 18.0. The Bertz CT molecular complexity index is 828. The fraction of sp³-hybridized carbons (Fsp3) is 0.652. The number of halogens is 3. The van der Waals surface area contributed by atoms with Crippen molar-refractivity contribution < 1.29 is 18.0 Å². The molecule has 3 aliphatic rings. The van der Waals surface area contributed by atoms with Gasteiger partial charge in [0.2, 0.25) is 5.91 Å². The lowest BCUT2D eigenvalue weighted by Crippen LogP contribution is -2.47. The number of carbonyl (C=O) groups excluding carboxylic acids is 1. The van der Waals surface area contributed by atoms with Crippen molar-refractivity contribution in [3.63, 3.8) is 0 Å². The van der Waals surface area contributed by atoms with Gasteiger partial charge in [-0.1, -0.05) is 31.0 Å². The van der Waals surface area contributed by atoms with Crippen molar-refractivity contribution in [3.8, 4) is 0 Å². The van der Waals surface area contributed by atoms with Gasteiger partial charge in [0.1, 0.15) is 0 Å². The van der Waals surface area contributed by atoms with Crippen LogP contribution in [0.15, 0.2) is 29.3 Å². The Labute approximate surface area is 181 Å². The number of likely N-dealkylation sites (tertiary alicyclic amines) is 1. The van der Waals surface area contributed by atoms with Gasteiger partial charge in [0, 0.05) is 44.1 Å². The van der Waals surface area contributed by atoms with Crippen LogP contribution in [0.1, 0.15) is 56.1 Å². The Morgan fingerprint density at radius 1 is 1.23 bits per heavy atom. The number of guanidine groups is 1. The van der Waals surface area contributed by atoms with E-state index in [-0.39, 0.29) is 23.3 Å². The van der Waals surface area contributed by atoms with Gasteiger partial charge in [-0.3, -0.25) is 9.79 Å². The molecule has 170 valence electrons. The summed E-state index contributed by atoms with van der Waals surface area (Å²) < 4.78 is 39.3. The predicted molar refractivity (Wildman–Crippen MR) is 114 cm³/mol. The molecule has 8 heteroatoms. The molecule has 1 saturated heterocycles. The largest absolute Gasteiger partial charge is 0.416 e. The van der Waals surface area contributed by atoms with Crippen LogP contribution in [0.5, 0.6) is 0 Å². The summed E-state index contributed by atoms with van der Waals surface area (Å²) in [4.78, 5) is 18.9. The second-order valence-electron chi connectivity index (χ2n) is 9.18. The zero-order valence-corrected chi connectivity index (χ0v) is 18.0. The summed E-state index contributed by atoms with van der Waals surface area (Å²) in [6.07, 6.45) is 2.56. The van der Waals surface area contributed by atoms with Gasteiger partial charge in [-0.05, 0) is 43.7 Å². The average Bonchev–Trinajstić information content (AvgIpc) is 3.15. The number of nitrogens with zero attached hydrogens (tertiary/aromatic N) is 2. The molecule has 0 aromatic heterocycles. The first-order valence-electron chi connectivity index (χ1n) is 11.2. The number of nitrogens with one attached hydrogen (secondary N) is 2. The van der Waals surface area contributed by atoms with Crippen LogP contribution in [-0.2, 0) is 16.4 Å². The van der Waals surface area contributed by atoms with Gasteiger partial charge in [0.05, 0.1) is 5.56 Å². The van der Waals surface area contributed by atoms with Gasteiger partial charge in [-0.15, -0.1) is 0 Å². The van der Waals surface area contributed by atoms with Gasteiger partial charge in [0.25, 0.3) is 0 Å². The summed E-state index contributed by atoms with van der Waals surface area (Å²) in [6.45, 7) is 1.97. The molecule has 1 heterocycles. The first-order valence-corrected chi connectivity index (χ1v) is 11.2. The van der Waals surface area contributed by atoms with E-state index in [0.717, 1.165) is 63.1 Å². The topological polar surface area (TPSA) is 56.7 Å². The maximum atomic E-state index is 13.1. The maximum absolute atomic E-state index is 13.1. The highest BCUT2D eigenvalue weighted by atomic mass is 19.4. The van der Waals surface area contributed by atoms with Crippen LogP contribution in [0.3, 0.4) is 0 Å². The molecule has 31 heavy (non-hydrogen) atoms. The van der Waals surface area contributed by atoms with Crippen molar-refractivity contribution in [1.29, 1.82) is 0 Å². The van der Waals surface area contributed by atoms with E-state index in [2.05, 4.69) is 15.6 Å². The van der Waals surface area contributed by atoms with E-state index < -0.39 is 11.7 Å². The Kier molecular flexibility index (Phi) is 6.17. The number of carbonyl (C=O) groups is 1. The maximum Gasteiger partial charge on any atom is 0.416 e.